The molecule has 0 amide bonds. The molecular formula is C11H25NO2. The molecule has 0 aliphatic heterocycles. The average Bonchev–Trinajstić information content (AvgIpc) is 2.12. The Morgan fingerprint density at radius 3 is 2.07 bits per heavy atom. The highest BCUT2D eigenvalue weighted by Crippen LogP contribution is 2.01. The Morgan fingerprint density at radius 2 is 1.57 bits per heavy atom. The van der Waals surface area contributed by atoms with Crippen LogP contribution in [0.3, 0.4) is 0 Å². The van der Waals surface area contributed by atoms with Crippen molar-refractivity contribution in [2.45, 2.75) is 52.4 Å². The predicted octanol–water partition coefficient (Wildman–Crippen LogP) is 1.81. The van der Waals surface area contributed by atoms with Crippen LogP contribution in [-0.2, 0) is 9.47 Å². The smallest absolute Gasteiger partial charge is 0.0704 e. The summed E-state index contributed by atoms with van der Waals surface area (Å²) in [6.45, 7) is 9.71. The number of hydrogen-bond acceptors (Lipinski definition) is 3. The lowest BCUT2D eigenvalue weighted by Gasteiger charge is -2.17. The van der Waals surface area contributed by atoms with E-state index in [1.54, 1.807) is 0 Å². The molecule has 0 aliphatic carbocycles. The maximum Gasteiger partial charge on any atom is 0.0704 e. The normalized spacial score (nSPS) is 15.9. The van der Waals surface area contributed by atoms with E-state index in [1.165, 1.54) is 0 Å². The fourth-order valence-corrected chi connectivity index (χ4v) is 1.22. The van der Waals surface area contributed by atoms with E-state index in [9.17, 15) is 0 Å². The molecule has 1 N–H and O–H groups in total. The van der Waals surface area contributed by atoms with Crippen LogP contribution in [-0.4, -0.2) is 38.5 Å². The molecule has 0 saturated heterocycles. The van der Waals surface area contributed by atoms with E-state index >= 15 is 0 Å². The Kier molecular flexibility index (Phi) is 8.14. The predicted molar refractivity (Wildman–Crippen MR) is 59.6 cm³/mol. The van der Waals surface area contributed by atoms with Crippen LogP contribution < -0.4 is 5.32 Å². The summed E-state index contributed by atoms with van der Waals surface area (Å²) in [4.78, 5) is 0. The molecule has 3 nitrogen and oxygen atoms in total. The highest BCUT2D eigenvalue weighted by Gasteiger charge is 2.06. The monoisotopic (exact) mass is 203 g/mol. The molecule has 14 heavy (non-hydrogen) atoms. The molecule has 0 spiro atoms. The molecule has 0 bridgehead atoms. The first kappa shape index (κ1) is 13.9. The molecule has 0 aromatic rings. The molecule has 0 aromatic carbocycles. The van der Waals surface area contributed by atoms with E-state index in [0.29, 0.717) is 31.5 Å². The van der Waals surface area contributed by atoms with Crippen molar-refractivity contribution in [3.8, 4) is 0 Å². The third kappa shape index (κ3) is 8.48. The zero-order valence-electron chi connectivity index (χ0n) is 10.2. The first-order valence-electron chi connectivity index (χ1n) is 5.46. The number of ether oxygens (including phenoxy) is 2. The topological polar surface area (TPSA) is 30.5 Å². The van der Waals surface area contributed by atoms with E-state index in [4.69, 9.17) is 9.47 Å². The lowest BCUT2D eigenvalue weighted by atomic mass is 10.1. The van der Waals surface area contributed by atoms with Crippen LogP contribution in [0.25, 0.3) is 0 Å². The summed E-state index contributed by atoms with van der Waals surface area (Å²) in [6.07, 6.45) is 1.64. The second-order valence-corrected chi connectivity index (χ2v) is 4.03. The summed E-state index contributed by atoms with van der Waals surface area (Å²) >= 11 is 0. The quantitative estimate of drug-likeness (QED) is 0.610. The highest BCUT2D eigenvalue weighted by atomic mass is 16.5. The van der Waals surface area contributed by atoms with Crippen LogP contribution in [0, 0.1) is 0 Å². The van der Waals surface area contributed by atoms with Gasteiger partial charge in [-0.05, 0) is 41.2 Å². The lowest BCUT2D eigenvalue weighted by molar-refractivity contribution is -0.0110. The van der Waals surface area contributed by atoms with Crippen LogP contribution >= 0.6 is 0 Å². The van der Waals surface area contributed by atoms with Crippen molar-refractivity contribution in [3.63, 3.8) is 0 Å². The molecule has 2 unspecified atom stereocenters. The Bertz CT molecular complexity index is 128. The van der Waals surface area contributed by atoms with Gasteiger partial charge < -0.3 is 14.8 Å². The zero-order chi connectivity index (χ0) is 11.0. The van der Waals surface area contributed by atoms with Gasteiger partial charge in [0.1, 0.15) is 0 Å². The van der Waals surface area contributed by atoms with E-state index in [1.807, 2.05) is 20.9 Å². The van der Waals surface area contributed by atoms with Gasteiger partial charge in [0.15, 0.2) is 0 Å². The molecule has 86 valence electrons. The summed E-state index contributed by atoms with van der Waals surface area (Å²) in [5.41, 5.74) is 0. The lowest BCUT2D eigenvalue weighted by Crippen LogP contribution is -2.27. The summed E-state index contributed by atoms with van der Waals surface area (Å²) < 4.78 is 11.0. The minimum Gasteiger partial charge on any atom is -0.376 e. The Morgan fingerprint density at radius 1 is 1.00 bits per heavy atom. The fraction of sp³-hybridized carbons (Fsp3) is 1.00. The van der Waals surface area contributed by atoms with E-state index in [0.717, 1.165) is 6.42 Å². The Balaban J connectivity index is 3.30. The Labute approximate surface area is 88.2 Å². The van der Waals surface area contributed by atoms with Crippen LogP contribution in [0.15, 0.2) is 0 Å². The molecule has 0 fully saturated rings. The van der Waals surface area contributed by atoms with E-state index < -0.39 is 0 Å². The summed E-state index contributed by atoms with van der Waals surface area (Å²) in [6, 6.07) is 0.510. The minimum atomic E-state index is 0.296. The SMILES string of the molecule is CNC(C)CC(C)OCCOC(C)C. The van der Waals surface area contributed by atoms with Gasteiger partial charge in [0.2, 0.25) is 0 Å². The number of hydrogen-bond donors (Lipinski definition) is 1. The molecule has 0 aliphatic rings. The molecule has 3 heteroatoms. The molecule has 0 rings (SSSR count). The highest BCUT2D eigenvalue weighted by molar-refractivity contribution is 4.62. The van der Waals surface area contributed by atoms with Crippen LogP contribution in [0.5, 0.6) is 0 Å². The van der Waals surface area contributed by atoms with Crippen molar-refractivity contribution in [1.29, 1.82) is 0 Å². The first-order valence-corrected chi connectivity index (χ1v) is 5.46. The second kappa shape index (κ2) is 8.21. The van der Waals surface area contributed by atoms with Gasteiger partial charge in [-0.1, -0.05) is 0 Å². The van der Waals surface area contributed by atoms with Crippen molar-refractivity contribution < 1.29 is 9.47 Å². The first-order chi connectivity index (χ1) is 6.56. The number of rotatable bonds is 8. The largest absolute Gasteiger partial charge is 0.376 e. The third-order valence-electron chi connectivity index (χ3n) is 2.12. The third-order valence-corrected chi connectivity index (χ3v) is 2.12. The van der Waals surface area contributed by atoms with Crippen molar-refractivity contribution in [3.05, 3.63) is 0 Å². The van der Waals surface area contributed by atoms with E-state index in [-0.39, 0.29) is 0 Å². The molecule has 2 atom stereocenters. The average molecular weight is 203 g/mol. The summed E-state index contributed by atoms with van der Waals surface area (Å²) in [7, 11) is 1.97. The number of nitrogens with one attached hydrogen (secondary N) is 1. The molecule has 0 aromatic heterocycles. The van der Waals surface area contributed by atoms with Gasteiger partial charge in [-0.3, -0.25) is 0 Å². The summed E-state index contributed by atoms with van der Waals surface area (Å²) in [5, 5.41) is 3.19. The zero-order valence-corrected chi connectivity index (χ0v) is 10.2. The van der Waals surface area contributed by atoms with Gasteiger partial charge in [0.05, 0.1) is 25.4 Å². The molecule has 0 radical (unpaired) electrons. The van der Waals surface area contributed by atoms with Gasteiger partial charge in [-0.15, -0.1) is 0 Å². The minimum absolute atomic E-state index is 0.296. The van der Waals surface area contributed by atoms with Gasteiger partial charge in [-0.25, -0.2) is 0 Å². The Hall–Kier alpha value is -0.120. The van der Waals surface area contributed by atoms with Crippen molar-refractivity contribution >= 4 is 0 Å². The van der Waals surface area contributed by atoms with E-state index in [2.05, 4.69) is 19.2 Å². The van der Waals surface area contributed by atoms with Gasteiger partial charge in [-0.2, -0.15) is 0 Å². The standard InChI is InChI=1S/C11H25NO2/c1-9(2)13-6-7-14-11(4)8-10(3)12-5/h9-12H,6-8H2,1-5H3. The van der Waals surface area contributed by atoms with Gasteiger partial charge >= 0.3 is 0 Å². The molecular weight excluding hydrogens is 178 g/mol. The fourth-order valence-electron chi connectivity index (χ4n) is 1.22. The van der Waals surface area contributed by atoms with Crippen molar-refractivity contribution in [2.24, 2.45) is 0 Å². The summed E-state index contributed by atoms with van der Waals surface area (Å²) in [5.74, 6) is 0. The van der Waals surface area contributed by atoms with Crippen molar-refractivity contribution in [1.82, 2.24) is 5.32 Å². The van der Waals surface area contributed by atoms with Crippen LogP contribution in [0.2, 0.25) is 0 Å². The van der Waals surface area contributed by atoms with Crippen molar-refractivity contribution in [2.75, 3.05) is 20.3 Å². The van der Waals surface area contributed by atoms with Gasteiger partial charge in [0.25, 0.3) is 0 Å². The maximum absolute atomic E-state index is 5.60. The van der Waals surface area contributed by atoms with Gasteiger partial charge in [0, 0.05) is 6.04 Å². The maximum atomic E-state index is 5.60. The van der Waals surface area contributed by atoms with Crippen LogP contribution in [0.1, 0.15) is 34.1 Å². The molecule has 0 saturated carbocycles. The molecule has 0 heterocycles. The van der Waals surface area contributed by atoms with Crippen LogP contribution in [0.4, 0.5) is 0 Å². The second-order valence-electron chi connectivity index (χ2n) is 4.03.